The van der Waals surface area contributed by atoms with Gasteiger partial charge < -0.3 is 20.9 Å². The second kappa shape index (κ2) is 7.89. The number of anilines is 2. The quantitative estimate of drug-likeness (QED) is 0.475. The summed E-state index contributed by atoms with van der Waals surface area (Å²) in [6.45, 7) is 8.71. The molecule has 0 atom stereocenters. The van der Waals surface area contributed by atoms with Gasteiger partial charge in [-0.15, -0.1) is 0 Å². The maximum atomic E-state index is 13.0. The molecule has 1 saturated carbocycles. The third-order valence-corrected chi connectivity index (χ3v) is 8.14. The monoisotopic (exact) mass is 488 g/mol. The number of hydrogen-bond acceptors (Lipinski definition) is 8. The van der Waals surface area contributed by atoms with Crippen LogP contribution in [0.5, 0.6) is 0 Å². The lowest BCUT2D eigenvalue weighted by atomic mass is 9.85. The van der Waals surface area contributed by atoms with E-state index in [4.69, 9.17) is 22.3 Å². The first-order valence-corrected chi connectivity index (χ1v) is 12.5. The Morgan fingerprint density at radius 1 is 1.21 bits per heavy atom. The lowest BCUT2D eigenvalue weighted by Crippen LogP contribution is -2.54. The largest absolute Gasteiger partial charge is 0.382 e. The fourth-order valence-electron chi connectivity index (χ4n) is 5.38. The normalized spacial score (nSPS) is 23.9. The summed E-state index contributed by atoms with van der Waals surface area (Å²) in [6.07, 6.45) is 5.87. The minimum absolute atomic E-state index is 0.0262. The first-order valence-electron chi connectivity index (χ1n) is 11.3. The summed E-state index contributed by atoms with van der Waals surface area (Å²) >= 11 is 7.58. The molecule has 1 amide bonds. The average Bonchev–Trinajstić information content (AvgIpc) is 3.31. The molecule has 4 heterocycles. The van der Waals surface area contributed by atoms with Gasteiger partial charge in [-0.2, -0.15) is 9.97 Å². The van der Waals surface area contributed by atoms with Crippen molar-refractivity contribution in [3.8, 4) is 0 Å². The third-order valence-electron chi connectivity index (χ3n) is 6.64. The number of hydrogen-bond donors (Lipinski definition) is 3. The number of halogens is 1. The Kier molecular flexibility index (Phi) is 5.37. The fourth-order valence-corrected chi connectivity index (χ4v) is 6.59. The predicted molar refractivity (Wildman–Crippen MR) is 130 cm³/mol. The van der Waals surface area contributed by atoms with E-state index in [9.17, 15) is 4.79 Å². The number of nitrogens with two attached hydrogens (primary N) is 1. The molecule has 3 aromatic rings. The van der Waals surface area contributed by atoms with E-state index in [0.29, 0.717) is 16.3 Å². The lowest BCUT2D eigenvalue weighted by Gasteiger charge is -2.41. The molecule has 0 radical (unpaired) electrons. The van der Waals surface area contributed by atoms with Crippen molar-refractivity contribution < 1.29 is 4.79 Å². The van der Waals surface area contributed by atoms with Crippen LogP contribution in [0, 0.1) is 5.92 Å². The maximum Gasteiger partial charge on any atom is 0.229 e. The number of aromatic nitrogens is 5. The first kappa shape index (κ1) is 22.5. The molecule has 0 aromatic carbocycles. The SMILES string of the molecule is CC1(C)Cc2nc(NC(=O)C3CCC(n4cnc5c(N)nc(Cl)nc54)CC3)sc2C(C)(C)N1. The van der Waals surface area contributed by atoms with Gasteiger partial charge in [-0.25, -0.2) is 9.97 Å². The van der Waals surface area contributed by atoms with Crippen LogP contribution in [0.1, 0.15) is 70.0 Å². The molecule has 9 nitrogen and oxygen atoms in total. The Balaban J connectivity index is 1.26. The van der Waals surface area contributed by atoms with E-state index in [0.717, 1.165) is 37.8 Å². The van der Waals surface area contributed by atoms with Crippen LogP contribution >= 0.6 is 22.9 Å². The van der Waals surface area contributed by atoms with Crippen molar-refractivity contribution in [3.05, 3.63) is 22.2 Å². The highest BCUT2D eigenvalue weighted by Crippen LogP contribution is 2.40. The molecule has 33 heavy (non-hydrogen) atoms. The minimum atomic E-state index is -0.167. The van der Waals surface area contributed by atoms with Gasteiger partial charge in [0.2, 0.25) is 11.2 Å². The van der Waals surface area contributed by atoms with Crippen LogP contribution in [0.25, 0.3) is 11.2 Å². The van der Waals surface area contributed by atoms with E-state index in [1.807, 2.05) is 4.57 Å². The Labute approximate surface area is 201 Å². The molecule has 0 unspecified atom stereocenters. The summed E-state index contributed by atoms with van der Waals surface area (Å²) in [6, 6.07) is 0.200. The molecule has 1 fully saturated rings. The summed E-state index contributed by atoms with van der Waals surface area (Å²) < 4.78 is 2.01. The number of carbonyl (C=O) groups is 1. The number of fused-ring (bicyclic) bond motifs is 2. The van der Waals surface area contributed by atoms with Crippen molar-refractivity contribution in [2.45, 2.75) is 76.9 Å². The van der Waals surface area contributed by atoms with Gasteiger partial charge in [-0.1, -0.05) is 11.3 Å². The highest BCUT2D eigenvalue weighted by Gasteiger charge is 2.39. The van der Waals surface area contributed by atoms with Gasteiger partial charge in [-0.05, 0) is 65.0 Å². The summed E-state index contributed by atoms with van der Waals surface area (Å²) in [4.78, 5) is 31.7. The molecule has 5 rings (SSSR count). The van der Waals surface area contributed by atoms with Gasteiger partial charge in [0, 0.05) is 34.3 Å². The lowest BCUT2D eigenvalue weighted by molar-refractivity contribution is -0.120. The summed E-state index contributed by atoms with van der Waals surface area (Å²) in [5, 5.41) is 7.59. The Morgan fingerprint density at radius 2 is 1.94 bits per heavy atom. The zero-order valence-electron chi connectivity index (χ0n) is 19.3. The van der Waals surface area contributed by atoms with E-state index in [2.05, 4.69) is 53.3 Å². The molecule has 176 valence electrons. The van der Waals surface area contributed by atoms with E-state index < -0.39 is 0 Å². The second-order valence-electron chi connectivity index (χ2n) is 10.3. The van der Waals surface area contributed by atoms with Crippen LogP contribution in [0.3, 0.4) is 0 Å². The molecule has 11 heteroatoms. The van der Waals surface area contributed by atoms with Gasteiger partial charge in [0.15, 0.2) is 16.6 Å². The van der Waals surface area contributed by atoms with Gasteiger partial charge in [0.05, 0.1) is 12.0 Å². The summed E-state index contributed by atoms with van der Waals surface area (Å²) in [7, 11) is 0. The number of imidazole rings is 1. The Hall–Kier alpha value is -2.30. The molecule has 1 aliphatic heterocycles. The van der Waals surface area contributed by atoms with Crippen molar-refractivity contribution in [3.63, 3.8) is 0 Å². The molecular formula is C22H29ClN8OS. The standard InChI is InChI=1S/C22H29ClN8OS/c1-21(2)9-13-15(22(3,4)30-21)33-20(26-13)29-18(32)11-5-7-12(8-6-11)31-10-25-14-16(24)27-19(23)28-17(14)31/h10-12,30H,5-9H2,1-4H3,(H2,24,27,28)(H,26,29,32). The smallest absolute Gasteiger partial charge is 0.229 e. The number of nitrogens with one attached hydrogen (secondary N) is 2. The van der Waals surface area contributed by atoms with E-state index >= 15 is 0 Å². The molecule has 3 aromatic heterocycles. The average molecular weight is 489 g/mol. The fraction of sp³-hybridized carbons (Fsp3) is 0.591. The van der Waals surface area contributed by atoms with Crippen molar-refractivity contribution in [2.75, 3.05) is 11.1 Å². The van der Waals surface area contributed by atoms with E-state index in [1.54, 1.807) is 17.7 Å². The molecule has 0 spiro atoms. The highest BCUT2D eigenvalue weighted by atomic mass is 35.5. The van der Waals surface area contributed by atoms with Gasteiger partial charge in [0.25, 0.3) is 0 Å². The van der Waals surface area contributed by atoms with Crippen LogP contribution in [-0.2, 0) is 16.8 Å². The second-order valence-corrected chi connectivity index (χ2v) is 11.6. The van der Waals surface area contributed by atoms with E-state index in [-0.39, 0.29) is 40.0 Å². The topological polar surface area (TPSA) is 124 Å². The summed E-state index contributed by atoms with van der Waals surface area (Å²) in [5.74, 6) is 0.294. The molecular weight excluding hydrogens is 460 g/mol. The van der Waals surface area contributed by atoms with Crippen molar-refractivity contribution >= 4 is 51.0 Å². The predicted octanol–water partition coefficient (Wildman–Crippen LogP) is 4.05. The number of rotatable bonds is 3. The molecule has 4 N–H and O–H groups in total. The van der Waals surface area contributed by atoms with Gasteiger partial charge in [0.1, 0.15) is 5.52 Å². The van der Waals surface area contributed by atoms with E-state index in [1.165, 1.54) is 4.88 Å². The van der Waals surface area contributed by atoms with Crippen molar-refractivity contribution in [1.82, 2.24) is 29.8 Å². The molecule has 2 aliphatic rings. The van der Waals surface area contributed by atoms with Gasteiger partial charge in [-0.3, -0.25) is 4.79 Å². The van der Waals surface area contributed by atoms with Crippen molar-refractivity contribution in [1.29, 1.82) is 0 Å². The third kappa shape index (κ3) is 4.20. The highest BCUT2D eigenvalue weighted by molar-refractivity contribution is 7.16. The van der Waals surface area contributed by atoms with Crippen molar-refractivity contribution in [2.24, 2.45) is 5.92 Å². The van der Waals surface area contributed by atoms with Crippen LogP contribution in [0.15, 0.2) is 6.33 Å². The van der Waals surface area contributed by atoms with Crippen LogP contribution in [0.4, 0.5) is 10.9 Å². The Bertz CT molecular complexity index is 1220. The molecule has 1 aliphatic carbocycles. The van der Waals surface area contributed by atoms with Crippen LogP contribution < -0.4 is 16.4 Å². The Morgan fingerprint density at radius 3 is 2.67 bits per heavy atom. The number of amides is 1. The molecule has 0 saturated heterocycles. The first-order chi connectivity index (χ1) is 15.5. The number of carbonyl (C=O) groups excluding carboxylic acids is 1. The number of nitrogen functional groups attached to an aromatic ring is 1. The van der Waals surface area contributed by atoms with Crippen LogP contribution in [-0.4, -0.2) is 35.9 Å². The summed E-state index contributed by atoms with van der Waals surface area (Å²) in [5.41, 5.74) is 8.03. The maximum absolute atomic E-state index is 13.0. The zero-order valence-corrected chi connectivity index (χ0v) is 20.8. The number of nitrogens with zero attached hydrogens (tertiary/aromatic N) is 5. The minimum Gasteiger partial charge on any atom is -0.382 e. The number of thiazole rings is 1. The van der Waals surface area contributed by atoms with Crippen LogP contribution in [0.2, 0.25) is 5.28 Å². The van der Waals surface area contributed by atoms with Gasteiger partial charge >= 0.3 is 0 Å². The zero-order chi connectivity index (χ0) is 23.5. The molecule has 0 bridgehead atoms.